The van der Waals surface area contributed by atoms with Crippen molar-refractivity contribution >= 4 is 17.7 Å². The largest absolute Gasteiger partial charge is 0.378 e. The van der Waals surface area contributed by atoms with E-state index in [1.165, 1.54) is 11.8 Å². The molecule has 3 heterocycles. The summed E-state index contributed by atoms with van der Waals surface area (Å²) in [6, 6.07) is 23.9. The van der Waals surface area contributed by atoms with Gasteiger partial charge in [0.25, 0.3) is 0 Å². The first kappa shape index (κ1) is 22.3. The average Bonchev–Trinajstić information content (AvgIpc) is 3.31. The van der Waals surface area contributed by atoms with Gasteiger partial charge in [-0.15, -0.1) is 10.2 Å². The molecule has 7 nitrogen and oxygen atoms in total. The van der Waals surface area contributed by atoms with Crippen molar-refractivity contribution in [2.24, 2.45) is 0 Å². The molecule has 0 aliphatic carbocycles. The zero-order valence-electron chi connectivity index (χ0n) is 18.7. The van der Waals surface area contributed by atoms with Gasteiger partial charge in [-0.1, -0.05) is 72.4 Å². The first-order valence-electron chi connectivity index (χ1n) is 11.3. The highest BCUT2D eigenvalue weighted by atomic mass is 32.2. The van der Waals surface area contributed by atoms with E-state index < -0.39 is 5.25 Å². The highest BCUT2D eigenvalue weighted by Gasteiger charge is 2.30. The molecule has 0 spiro atoms. The number of ether oxygens (including phenoxy) is 1. The van der Waals surface area contributed by atoms with Crippen LogP contribution < -0.4 is 0 Å². The van der Waals surface area contributed by atoms with Gasteiger partial charge in [0, 0.05) is 31.0 Å². The highest BCUT2D eigenvalue weighted by Crippen LogP contribution is 2.37. The van der Waals surface area contributed by atoms with Crippen LogP contribution in [0.2, 0.25) is 0 Å². The van der Waals surface area contributed by atoms with E-state index in [1.54, 1.807) is 12.4 Å². The summed E-state index contributed by atoms with van der Waals surface area (Å²) in [6.45, 7) is 2.91. The van der Waals surface area contributed by atoms with Gasteiger partial charge in [0.15, 0.2) is 11.0 Å². The first-order chi connectivity index (χ1) is 16.8. The molecular formula is C26H25N5O2S. The first-order valence-corrected chi connectivity index (χ1v) is 12.1. The Labute approximate surface area is 202 Å². The number of benzene rings is 2. The van der Waals surface area contributed by atoms with E-state index in [1.807, 2.05) is 65.6 Å². The van der Waals surface area contributed by atoms with Crippen LogP contribution in [0.3, 0.4) is 0 Å². The van der Waals surface area contributed by atoms with Gasteiger partial charge in [0.1, 0.15) is 5.25 Å². The molecule has 1 saturated heterocycles. The third-order valence-electron chi connectivity index (χ3n) is 5.69. The van der Waals surface area contributed by atoms with Crippen LogP contribution in [0, 0.1) is 0 Å². The van der Waals surface area contributed by atoms with E-state index in [4.69, 9.17) is 4.74 Å². The normalized spacial score (nSPS) is 14.6. The fourth-order valence-electron chi connectivity index (χ4n) is 3.94. The Morgan fingerprint density at radius 2 is 1.68 bits per heavy atom. The molecule has 0 unspecified atom stereocenters. The van der Waals surface area contributed by atoms with Crippen molar-refractivity contribution < 1.29 is 9.53 Å². The third-order valence-corrected chi connectivity index (χ3v) is 6.92. The zero-order valence-corrected chi connectivity index (χ0v) is 19.5. The van der Waals surface area contributed by atoms with Crippen LogP contribution in [0.15, 0.2) is 90.3 Å². The maximum atomic E-state index is 13.6. The average molecular weight is 472 g/mol. The molecule has 0 saturated carbocycles. The van der Waals surface area contributed by atoms with Crippen LogP contribution in [-0.4, -0.2) is 56.9 Å². The lowest BCUT2D eigenvalue weighted by atomic mass is 10.1. The molecule has 1 amide bonds. The van der Waals surface area contributed by atoms with Crippen LogP contribution in [0.1, 0.15) is 16.4 Å². The van der Waals surface area contributed by atoms with Crippen LogP contribution >= 0.6 is 11.8 Å². The van der Waals surface area contributed by atoms with Crippen molar-refractivity contribution in [3.05, 3.63) is 96.3 Å². The number of morpholine rings is 1. The summed E-state index contributed by atoms with van der Waals surface area (Å²) in [5, 5.41) is 9.30. The molecule has 2 aromatic carbocycles. The minimum absolute atomic E-state index is 0.0664. The van der Waals surface area contributed by atoms with Crippen LogP contribution in [0.4, 0.5) is 0 Å². The minimum atomic E-state index is -0.431. The Bertz CT molecular complexity index is 1210. The lowest BCUT2D eigenvalue weighted by molar-refractivity contribution is -0.134. The Kier molecular flexibility index (Phi) is 6.97. The van der Waals surface area contributed by atoms with Crippen molar-refractivity contribution in [3.63, 3.8) is 0 Å². The van der Waals surface area contributed by atoms with Gasteiger partial charge < -0.3 is 9.64 Å². The van der Waals surface area contributed by atoms with Crippen LogP contribution in [0.5, 0.6) is 0 Å². The maximum Gasteiger partial charge on any atom is 0.240 e. The minimum Gasteiger partial charge on any atom is -0.378 e. The van der Waals surface area contributed by atoms with E-state index >= 15 is 0 Å². The second-order valence-corrected chi connectivity index (χ2v) is 9.04. The van der Waals surface area contributed by atoms with Gasteiger partial charge in [-0.25, -0.2) is 0 Å². The highest BCUT2D eigenvalue weighted by molar-refractivity contribution is 8.00. The van der Waals surface area contributed by atoms with Gasteiger partial charge in [-0.2, -0.15) is 0 Å². The Hall–Kier alpha value is -3.49. The van der Waals surface area contributed by atoms with E-state index in [0.29, 0.717) is 38.0 Å². The number of rotatable bonds is 7. The van der Waals surface area contributed by atoms with Crippen molar-refractivity contribution in [2.75, 3.05) is 26.3 Å². The molecule has 1 aliphatic heterocycles. The Balaban J connectivity index is 1.52. The number of carbonyl (C=O) groups is 1. The van der Waals surface area contributed by atoms with Crippen molar-refractivity contribution in [2.45, 2.75) is 17.0 Å². The fraction of sp³-hybridized carbons (Fsp3) is 0.231. The molecule has 8 heteroatoms. The molecule has 4 aromatic rings. The van der Waals surface area contributed by atoms with E-state index in [2.05, 4.69) is 31.9 Å². The summed E-state index contributed by atoms with van der Waals surface area (Å²) in [5.74, 6) is 0.793. The number of hydrogen-bond donors (Lipinski definition) is 0. The molecule has 172 valence electrons. The topological polar surface area (TPSA) is 73.1 Å². The second-order valence-electron chi connectivity index (χ2n) is 7.97. The molecule has 0 N–H and O–H groups in total. The molecule has 1 aliphatic rings. The summed E-state index contributed by atoms with van der Waals surface area (Å²) in [4.78, 5) is 19.8. The van der Waals surface area contributed by atoms with E-state index in [-0.39, 0.29) is 5.91 Å². The van der Waals surface area contributed by atoms with Crippen LogP contribution in [-0.2, 0) is 16.1 Å². The van der Waals surface area contributed by atoms with Crippen molar-refractivity contribution in [1.29, 1.82) is 0 Å². The predicted octanol–water partition coefficient (Wildman–Crippen LogP) is 4.08. The number of carbonyl (C=O) groups excluding carboxylic acids is 1. The molecule has 1 fully saturated rings. The Morgan fingerprint density at radius 1 is 0.941 bits per heavy atom. The quantitative estimate of drug-likeness (QED) is 0.378. The summed E-state index contributed by atoms with van der Waals surface area (Å²) in [5.41, 5.74) is 2.96. The van der Waals surface area contributed by atoms with Gasteiger partial charge in [-0.05, 0) is 23.3 Å². The molecular weight excluding hydrogens is 446 g/mol. The summed E-state index contributed by atoms with van der Waals surface area (Å²) in [7, 11) is 0. The number of aromatic nitrogens is 4. The number of thioether (sulfide) groups is 1. The van der Waals surface area contributed by atoms with Gasteiger partial charge >= 0.3 is 0 Å². The lowest BCUT2D eigenvalue weighted by Crippen LogP contribution is -2.42. The molecule has 5 rings (SSSR count). The van der Waals surface area contributed by atoms with Crippen molar-refractivity contribution in [3.8, 4) is 11.4 Å². The number of pyridine rings is 1. The van der Waals surface area contributed by atoms with Crippen molar-refractivity contribution in [1.82, 2.24) is 24.6 Å². The fourth-order valence-corrected chi connectivity index (χ4v) is 5.06. The SMILES string of the molecule is O=C([C@@H](Sc1nnc(-c2cccnc2)n1Cc1ccccc1)c1ccccc1)N1CCOCC1. The summed E-state index contributed by atoms with van der Waals surface area (Å²) < 4.78 is 7.53. The van der Waals surface area contributed by atoms with Gasteiger partial charge in [0.2, 0.25) is 5.91 Å². The van der Waals surface area contributed by atoms with Crippen LogP contribution in [0.25, 0.3) is 11.4 Å². The molecule has 1 atom stereocenters. The molecule has 0 radical (unpaired) electrons. The lowest BCUT2D eigenvalue weighted by Gasteiger charge is -2.30. The molecule has 34 heavy (non-hydrogen) atoms. The Morgan fingerprint density at radius 3 is 2.38 bits per heavy atom. The number of nitrogens with zero attached hydrogens (tertiary/aromatic N) is 5. The number of hydrogen-bond acceptors (Lipinski definition) is 6. The maximum absolute atomic E-state index is 13.6. The summed E-state index contributed by atoms with van der Waals surface area (Å²) in [6.07, 6.45) is 3.52. The molecule has 0 bridgehead atoms. The third kappa shape index (κ3) is 5.03. The predicted molar refractivity (Wildman–Crippen MR) is 131 cm³/mol. The standard InChI is InChI=1S/C26H25N5O2S/c32-25(30-14-16-33-17-15-30)23(21-10-5-2-6-11-21)34-26-29-28-24(22-12-7-13-27-18-22)31(26)19-20-8-3-1-4-9-20/h1-13,18,23H,14-17,19H2/t23-/m0/s1. The van der Waals surface area contributed by atoms with Gasteiger partial charge in [0.05, 0.1) is 19.8 Å². The molecule has 2 aromatic heterocycles. The summed E-state index contributed by atoms with van der Waals surface area (Å²) >= 11 is 1.44. The monoisotopic (exact) mass is 471 g/mol. The zero-order chi connectivity index (χ0) is 23.2. The number of amides is 1. The smallest absolute Gasteiger partial charge is 0.240 e. The second kappa shape index (κ2) is 10.6. The van der Waals surface area contributed by atoms with Gasteiger partial charge in [-0.3, -0.25) is 14.3 Å². The van der Waals surface area contributed by atoms with E-state index in [0.717, 1.165) is 22.5 Å². The van der Waals surface area contributed by atoms with E-state index in [9.17, 15) is 4.79 Å².